The molecule has 0 saturated carbocycles. The number of hydrogen-bond acceptors (Lipinski definition) is 5. The van der Waals surface area contributed by atoms with Gasteiger partial charge in [0.05, 0.1) is 0 Å². The number of benzene rings is 2. The summed E-state index contributed by atoms with van der Waals surface area (Å²) < 4.78 is 5.88. The molecule has 1 aromatic heterocycles. The Balaban J connectivity index is 1.43. The van der Waals surface area contributed by atoms with Crippen molar-refractivity contribution in [2.75, 3.05) is 17.2 Å². The summed E-state index contributed by atoms with van der Waals surface area (Å²) in [5.74, 6) is 1.34. The van der Waals surface area contributed by atoms with Gasteiger partial charge in [0.1, 0.15) is 23.9 Å². The summed E-state index contributed by atoms with van der Waals surface area (Å²) in [5.41, 5.74) is 9.24. The first-order valence-corrected chi connectivity index (χ1v) is 8.50. The summed E-state index contributed by atoms with van der Waals surface area (Å²) in [5, 5.41) is 10.3. The van der Waals surface area contributed by atoms with Crippen LogP contribution >= 0.6 is 0 Å². The van der Waals surface area contributed by atoms with Crippen molar-refractivity contribution in [1.82, 2.24) is 15.4 Å². The third-order valence-electron chi connectivity index (χ3n) is 4.41. The third kappa shape index (κ3) is 3.23. The normalized spacial score (nSPS) is 14.0. The second-order valence-electron chi connectivity index (χ2n) is 6.21. The molecule has 4 rings (SSSR count). The molecule has 26 heavy (non-hydrogen) atoms. The highest BCUT2D eigenvalue weighted by Gasteiger charge is 2.21. The molecule has 0 bridgehead atoms. The number of aromatic nitrogens is 3. The number of ether oxygens (including phenoxy) is 1. The van der Waals surface area contributed by atoms with Gasteiger partial charge in [0.15, 0.2) is 0 Å². The van der Waals surface area contributed by atoms with Crippen LogP contribution in [0.1, 0.15) is 18.4 Å². The van der Waals surface area contributed by atoms with Crippen molar-refractivity contribution in [1.29, 1.82) is 0 Å². The highest BCUT2D eigenvalue weighted by Crippen LogP contribution is 2.26. The van der Waals surface area contributed by atoms with E-state index < -0.39 is 0 Å². The molecule has 0 aliphatic carbocycles. The number of nitrogens with two attached hydrogens (primary N) is 1. The molecule has 1 fully saturated rings. The second kappa shape index (κ2) is 6.87. The number of rotatable bonds is 5. The zero-order valence-electron chi connectivity index (χ0n) is 14.2. The SMILES string of the molecule is Nc1[nH]nnc1-c1cccc(OCc2ccc(N3CCCC3=O)cc2)c1. The van der Waals surface area contributed by atoms with Crippen molar-refractivity contribution in [2.45, 2.75) is 19.4 Å². The Morgan fingerprint density at radius 3 is 2.73 bits per heavy atom. The van der Waals surface area contributed by atoms with E-state index in [4.69, 9.17) is 10.5 Å². The van der Waals surface area contributed by atoms with Gasteiger partial charge in [-0.3, -0.25) is 4.79 Å². The Hall–Kier alpha value is -3.35. The first-order chi connectivity index (χ1) is 12.7. The molecule has 7 heteroatoms. The van der Waals surface area contributed by atoms with Gasteiger partial charge in [-0.1, -0.05) is 29.5 Å². The molecule has 1 amide bonds. The van der Waals surface area contributed by atoms with E-state index in [9.17, 15) is 4.79 Å². The quantitative estimate of drug-likeness (QED) is 0.738. The lowest BCUT2D eigenvalue weighted by Gasteiger charge is -2.16. The number of nitrogens with zero attached hydrogens (tertiary/aromatic N) is 3. The van der Waals surface area contributed by atoms with Gasteiger partial charge in [0, 0.05) is 24.2 Å². The van der Waals surface area contributed by atoms with Crippen molar-refractivity contribution in [3.05, 3.63) is 54.1 Å². The van der Waals surface area contributed by atoms with Gasteiger partial charge in [-0.25, -0.2) is 5.10 Å². The van der Waals surface area contributed by atoms with Crippen LogP contribution in [0.4, 0.5) is 11.5 Å². The van der Waals surface area contributed by atoms with E-state index in [-0.39, 0.29) is 5.91 Å². The van der Waals surface area contributed by atoms with E-state index in [2.05, 4.69) is 15.4 Å². The van der Waals surface area contributed by atoms with E-state index in [0.717, 1.165) is 35.5 Å². The third-order valence-corrected chi connectivity index (χ3v) is 4.41. The predicted octanol–water partition coefficient (Wildman–Crippen LogP) is 2.76. The van der Waals surface area contributed by atoms with Crippen LogP contribution in [0.3, 0.4) is 0 Å². The van der Waals surface area contributed by atoms with E-state index in [1.165, 1.54) is 0 Å². The molecular weight excluding hydrogens is 330 g/mol. The lowest BCUT2D eigenvalue weighted by molar-refractivity contribution is -0.117. The first kappa shape index (κ1) is 16.1. The molecule has 7 nitrogen and oxygen atoms in total. The summed E-state index contributed by atoms with van der Waals surface area (Å²) in [6, 6.07) is 15.5. The summed E-state index contributed by atoms with van der Waals surface area (Å²) in [4.78, 5) is 13.6. The van der Waals surface area contributed by atoms with Crippen LogP contribution in [0, 0.1) is 0 Å². The maximum Gasteiger partial charge on any atom is 0.227 e. The number of carbonyl (C=O) groups is 1. The van der Waals surface area contributed by atoms with Gasteiger partial charge in [0.25, 0.3) is 0 Å². The highest BCUT2D eigenvalue weighted by atomic mass is 16.5. The Kier molecular flexibility index (Phi) is 4.27. The molecule has 0 spiro atoms. The fourth-order valence-corrected chi connectivity index (χ4v) is 3.04. The molecule has 2 heterocycles. The van der Waals surface area contributed by atoms with Crippen molar-refractivity contribution >= 4 is 17.4 Å². The number of aromatic amines is 1. The largest absolute Gasteiger partial charge is 0.489 e. The van der Waals surface area contributed by atoms with Crippen LogP contribution in [0.25, 0.3) is 11.3 Å². The number of hydrogen-bond donors (Lipinski definition) is 2. The minimum atomic E-state index is 0.193. The van der Waals surface area contributed by atoms with Crippen LogP contribution in [-0.2, 0) is 11.4 Å². The van der Waals surface area contributed by atoms with E-state index in [1.807, 2.05) is 53.4 Å². The number of amides is 1. The van der Waals surface area contributed by atoms with E-state index in [1.54, 1.807) is 0 Å². The summed E-state index contributed by atoms with van der Waals surface area (Å²) in [7, 11) is 0. The maximum atomic E-state index is 11.8. The van der Waals surface area contributed by atoms with Gasteiger partial charge in [0.2, 0.25) is 5.91 Å². The van der Waals surface area contributed by atoms with Crippen LogP contribution < -0.4 is 15.4 Å². The Morgan fingerprint density at radius 2 is 2.04 bits per heavy atom. The minimum absolute atomic E-state index is 0.193. The van der Waals surface area contributed by atoms with Crippen LogP contribution in [-0.4, -0.2) is 27.9 Å². The number of nitrogens with one attached hydrogen (secondary N) is 1. The van der Waals surface area contributed by atoms with Gasteiger partial charge < -0.3 is 15.4 Å². The summed E-state index contributed by atoms with van der Waals surface area (Å²) >= 11 is 0. The molecule has 0 atom stereocenters. The summed E-state index contributed by atoms with van der Waals surface area (Å²) in [6.45, 7) is 1.23. The van der Waals surface area contributed by atoms with Crippen LogP contribution in [0.15, 0.2) is 48.5 Å². The van der Waals surface area contributed by atoms with Gasteiger partial charge in [-0.05, 0) is 36.2 Å². The average molecular weight is 349 g/mol. The lowest BCUT2D eigenvalue weighted by Crippen LogP contribution is -2.23. The van der Waals surface area contributed by atoms with Crippen LogP contribution in [0.2, 0.25) is 0 Å². The molecule has 1 aliphatic heterocycles. The second-order valence-corrected chi connectivity index (χ2v) is 6.21. The van der Waals surface area contributed by atoms with E-state index >= 15 is 0 Å². The highest BCUT2D eigenvalue weighted by molar-refractivity contribution is 5.95. The first-order valence-electron chi connectivity index (χ1n) is 8.50. The number of nitrogen functional groups attached to an aromatic ring is 1. The maximum absolute atomic E-state index is 11.8. The smallest absolute Gasteiger partial charge is 0.227 e. The molecule has 132 valence electrons. The Morgan fingerprint density at radius 1 is 1.19 bits per heavy atom. The standard InChI is InChI=1S/C19H19N5O2/c20-19-18(21-23-22-19)14-3-1-4-16(11-14)26-12-13-6-8-15(9-7-13)24-10-2-5-17(24)25/h1,3-4,6-9,11H,2,5,10,12H2,(H3,20,21,22,23). The van der Waals surface area contributed by atoms with Crippen molar-refractivity contribution < 1.29 is 9.53 Å². The fourth-order valence-electron chi connectivity index (χ4n) is 3.04. The predicted molar refractivity (Wildman–Crippen MR) is 98.6 cm³/mol. The van der Waals surface area contributed by atoms with Crippen molar-refractivity contribution in [3.8, 4) is 17.0 Å². The number of H-pyrrole nitrogens is 1. The van der Waals surface area contributed by atoms with Crippen molar-refractivity contribution in [3.63, 3.8) is 0 Å². The molecule has 0 unspecified atom stereocenters. The Bertz CT molecular complexity index is 920. The zero-order valence-corrected chi connectivity index (χ0v) is 14.2. The number of carbonyl (C=O) groups excluding carboxylic acids is 1. The van der Waals surface area contributed by atoms with Crippen molar-refractivity contribution in [2.24, 2.45) is 0 Å². The molecule has 2 aromatic carbocycles. The van der Waals surface area contributed by atoms with E-state index in [0.29, 0.717) is 24.5 Å². The van der Waals surface area contributed by atoms with Gasteiger partial charge >= 0.3 is 0 Å². The molecule has 1 saturated heterocycles. The average Bonchev–Trinajstić information content (AvgIpc) is 3.29. The van der Waals surface area contributed by atoms with Crippen LogP contribution in [0.5, 0.6) is 5.75 Å². The zero-order chi connectivity index (χ0) is 17.9. The Labute approximate surface area is 150 Å². The topological polar surface area (TPSA) is 97.1 Å². The van der Waals surface area contributed by atoms with Gasteiger partial charge in [-0.2, -0.15) is 0 Å². The minimum Gasteiger partial charge on any atom is -0.489 e. The lowest BCUT2D eigenvalue weighted by atomic mass is 10.1. The monoisotopic (exact) mass is 349 g/mol. The molecule has 0 radical (unpaired) electrons. The fraction of sp³-hybridized carbons (Fsp3) is 0.211. The molecule has 3 aromatic rings. The number of anilines is 2. The van der Waals surface area contributed by atoms with Gasteiger partial charge in [-0.15, -0.1) is 5.10 Å². The molecule has 1 aliphatic rings. The summed E-state index contributed by atoms with van der Waals surface area (Å²) in [6.07, 6.45) is 1.56. The molecule has 3 N–H and O–H groups in total. The molecular formula is C19H19N5O2.